The Morgan fingerprint density at radius 2 is 2.06 bits per heavy atom. The maximum atomic E-state index is 5.59. The molecule has 0 saturated heterocycles. The van der Waals surface area contributed by atoms with E-state index in [-0.39, 0.29) is 0 Å². The Morgan fingerprint density at radius 1 is 1.29 bits per heavy atom. The number of nitrogens with two attached hydrogens (primary N) is 1. The fourth-order valence-corrected chi connectivity index (χ4v) is 1.41. The topological polar surface area (TPSA) is 57.4 Å². The minimum atomic E-state index is 0.448. The number of nitrogens with zero attached hydrogens (tertiary/aromatic N) is 1. The van der Waals surface area contributed by atoms with Gasteiger partial charge in [-0.3, -0.25) is 4.98 Å². The fraction of sp³-hybridized carbons (Fsp3) is 0.615. The first kappa shape index (κ1) is 14.1. The van der Waals surface area contributed by atoms with Crippen LogP contribution in [0.4, 0.5) is 0 Å². The monoisotopic (exact) mass is 238 g/mol. The van der Waals surface area contributed by atoms with E-state index in [1.807, 2.05) is 12.1 Å². The van der Waals surface area contributed by atoms with Crippen LogP contribution in [0.3, 0.4) is 0 Å². The second-order valence-electron chi connectivity index (χ2n) is 4.33. The van der Waals surface area contributed by atoms with Crippen LogP contribution in [-0.2, 0) is 22.6 Å². The Hall–Kier alpha value is -0.970. The van der Waals surface area contributed by atoms with Gasteiger partial charge in [-0.1, -0.05) is 19.9 Å². The molecule has 1 rings (SSSR count). The molecule has 0 fully saturated rings. The normalized spacial score (nSPS) is 11.1. The van der Waals surface area contributed by atoms with Gasteiger partial charge in [0.15, 0.2) is 0 Å². The van der Waals surface area contributed by atoms with Gasteiger partial charge in [0.25, 0.3) is 0 Å². The average Bonchev–Trinajstić information content (AvgIpc) is 2.33. The highest BCUT2D eigenvalue weighted by molar-refractivity contribution is 5.18. The molecule has 2 N–H and O–H groups in total. The fourth-order valence-electron chi connectivity index (χ4n) is 1.41. The first-order valence-corrected chi connectivity index (χ1v) is 6.02. The molecule has 4 heteroatoms. The Morgan fingerprint density at radius 3 is 2.76 bits per heavy atom. The van der Waals surface area contributed by atoms with Gasteiger partial charge in [-0.05, 0) is 12.0 Å². The summed E-state index contributed by atoms with van der Waals surface area (Å²) in [6.45, 7) is 7.27. The summed E-state index contributed by atoms with van der Waals surface area (Å²) in [6, 6.07) is 3.89. The first-order chi connectivity index (χ1) is 8.24. The highest BCUT2D eigenvalue weighted by Gasteiger charge is 2.01. The minimum absolute atomic E-state index is 0.448. The summed E-state index contributed by atoms with van der Waals surface area (Å²) in [5.41, 5.74) is 7.55. The molecular weight excluding hydrogens is 216 g/mol. The highest BCUT2D eigenvalue weighted by Crippen LogP contribution is 2.06. The predicted octanol–water partition coefficient (Wildman–Crippen LogP) is 1.73. The largest absolute Gasteiger partial charge is 0.379 e. The standard InChI is InChI=1S/C13H22N2O2/c1-11(2)9-16-6-7-17-10-12-4-3-5-15-13(12)8-14/h3-5,11H,6-10,14H2,1-2H3. The molecular formula is C13H22N2O2. The van der Waals surface area contributed by atoms with Crippen LogP contribution in [-0.4, -0.2) is 24.8 Å². The molecule has 0 unspecified atom stereocenters. The molecule has 1 heterocycles. The van der Waals surface area contributed by atoms with E-state index in [9.17, 15) is 0 Å². The van der Waals surface area contributed by atoms with Crippen molar-refractivity contribution in [2.75, 3.05) is 19.8 Å². The van der Waals surface area contributed by atoms with Crippen LogP contribution in [0.25, 0.3) is 0 Å². The van der Waals surface area contributed by atoms with Crippen molar-refractivity contribution in [2.45, 2.75) is 27.0 Å². The van der Waals surface area contributed by atoms with Crippen molar-refractivity contribution in [2.24, 2.45) is 11.7 Å². The second-order valence-corrected chi connectivity index (χ2v) is 4.33. The number of pyridine rings is 1. The molecule has 0 aliphatic carbocycles. The van der Waals surface area contributed by atoms with Gasteiger partial charge in [0.1, 0.15) is 0 Å². The van der Waals surface area contributed by atoms with Crippen LogP contribution in [0.1, 0.15) is 25.1 Å². The van der Waals surface area contributed by atoms with Crippen LogP contribution in [0, 0.1) is 5.92 Å². The molecule has 96 valence electrons. The quantitative estimate of drug-likeness (QED) is 0.701. The van der Waals surface area contributed by atoms with Crippen molar-refractivity contribution in [3.8, 4) is 0 Å². The molecule has 0 atom stereocenters. The van der Waals surface area contributed by atoms with Crippen molar-refractivity contribution in [1.29, 1.82) is 0 Å². The Labute approximate surface area is 103 Å². The lowest BCUT2D eigenvalue weighted by Crippen LogP contribution is -2.10. The van der Waals surface area contributed by atoms with Gasteiger partial charge in [-0.2, -0.15) is 0 Å². The molecule has 0 aromatic carbocycles. The van der Waals surface area contributed by atoms with Crippen LogP contribution < -0.4 is 5.73 Å². The Bertz CT molecular complexity index is 316. The zero-order valence-electron chi connectivity index (χ0n) is 10.7. The van der Waals surface area contributed by atoms with E-state index >= 15 is 0 Å². The van der Waals surface area contributed by atoms with Crippen molar-refractivity contribution < 1.29 is 9.47 Å². The predicted molar refractivity (Wildman–Crippen MR) is 67.4 cm³/mol. The van der Waals surface area contributed by atoms with Gasteiger partial charge in [0.2, 0.25) is 0 Å². The molecule has 0 aliphatic rings. The van der Waals surface area contributed by atoms with E-state index in [0.29, 0.717) is 32.3 Å². The van der Waals surface area contributed by atoms with E-state index in [0.717, 1.165) is 17.9 Å². The van der Waals surface area contributed by atoms with E-state index < -0.39 is 0 Å². The Balaban J connectivity index is 2.17. The average molecular weight is 238 g/mol. The molecule has 0 bridgehead atoms. The molecule has 0 aliphatic heterocycles. The van der Waals surface area contributed by atoms with Crippen LogP contribution in [0.2, 0.25) is 0 Å². The van der Waals surface area contributed by atoms with Crippen molar-refractivity contribution in [1.82, 2.24) is 4.98 Å². The van der Waals surface area contributed by atoms with E-state index in [1.165, 1.54) is 0 Å². The highest BCUT2D eigenvalue weighted by atomic mass is 16.5. The summed E-state index contributed by atoms with van der Waals surface area (Å²) in [6.07, 6.45) is 1.75. The number of ether oxygens (including phenoxy) is 2. The summed E-state index contributed by atoms with van der Waals surface area (Å²) in [4.78, 5) is 4.20. The third-order valence-electron chi connectivity index (χ3n) is 2.26. The Kier molecular flexibility index (Phi) is 6.77. The molecule has 0 saturated carbocycles. The summed E-state index contributed by atoms with van der Waals surface area (Å²) >= 11 is 0. The lowest BCUT2D eigenvalue weighted by molar-refractivity contribution is 0.0312. The summed E-state index contributed by atoms with van der Waals surface area (Å²) in [5.74, 6) is 0.567. The molecule has 0 amide bonds. The van der Waals surface area contributed by atoms with Gasteiger partial charge in [0, 0.05) is 24.9 Å². The van der Waals surface area contributed by atoms with Crippen molar-refractivity contribution >= 4 is 0 Å². The van der Waals surface area contributed by atoms with Gasteiger partial charge in [-0.25, -0.2) is 0 Å². The third-order valence-corrected chi connectivity index (χ3v) is 2.26. The number of hydrogen-bond donors (Lipinski definition) is 1. The van der Waals surface area contributed by atoms with E-state index in [4.69, 9.17) is 15.2 Å². The van der Waals surface area contributed by atoms with Gasteiger partial charge in [-0.15, -0.1) is 0 Å². The number of hydrogen-bond acceptors (Lipinski definition) is 4. The summed E-state index contributed by atoms with van der Waals surface area (Å²) in [7, 11) is 0. The lowest BCUT2D eigenvalue weighted by Gasteiger charge is -2.09. The third kappa shape index (κ3) is 5.77. The summed E-state index contributed by atoms with van der Waals surface area (Å²) in [5, 5.41) is 0. The van der Waals surface area contributed by atoms with Crippen LogP contribution in [0.5, 0.6) is 0 Å². The van der Waals surface area contributed by atoms with Gasteiger partial charge < -0.3 is 15.2 Å². The van der Waals surface area contributed by atoms with Crippen molar-refractivity contribution in [3.63, 3.8) is 0 Å². The number of aromatic nitrogens is 1. The second kappa shape index (κ2) is 8.17. The molecule has 1 aromatic heterocycles. The molecule has 4 nitrogen and oxygen atoms in total. The smallest absolute Gasteiger partial charge is 0.0736 e. The maximum Gasteiger partial charge on any atom is 0.0736 e. The van der Waals surface area contributed by atoms with E-state index in [2.05, 4.69) is 18.8 Å². The minimum Gasteiger partial charge on any atom is -0.379 e. The van der Waals surface area contributed by atoms with Gasteiger partial charge >= 0.3 is 0 Å². The molecule has 17 heavy (non-hydrogen) atoms. The summed E-state index contributed by atoms with van der Waals surface area (Å²) < 4.78 is 10.9. The van der Waals surface area contributed by atoms with Crippen LogP contribution in [0.15, 0.2) is 18.3 Å². The SMILES string of the molecule is CC(C)COCCOCc1cccnc1CN. The maximum absolute atomic E-state index is 5.59. The zero-order valence-corrected chi connectivity index (χ0v) is 10.7. The lowest BCUT2D eigenvalue weighted by atomic mass is 10.2. The van der Waals surface area contributed by atoms with Crippen LogP contribution >= 0.6 is 0 Å². The molecule has 0 radical (unpaired) electrons. The zero-order chi connectivity index (χ0) is 12.5. The molecule has 1 aromatic rings. The van der Waals surface area contributed by atoms with E-state index in [1.54, 1.807) is 6.20 Å². The molecule has 0 spiro atoms. The number of rotatable bonds is 8. The van der Waals surface area contributed by atoms with Gasteiger partial charge in [0.05, 0.1) is 25.5 Å². The van der Waals surface area contributed by atoms with Crippen molar-refractivity contribution in [3.05, 3.63) is 29.6 Å². The first-order valence-electron chi connectivity index (χ1n) is 6.02.